The minimum Gasteiger partial charge on any atom is -0.366 e. The lowest BCUT2D eigenvalue weighted by molar-refractivity contribution is 0.1000. The van der Waals surface area contributed by atoms with Crippen molar-refractivity contribution in [3.05, 3.63) is 29.8 Å². The second kappa shape index (κ2) is 7.71. The molecule has 122 valence electrons. The summed E-state index contributed by atoms with van der Waals surface area (Å²) in [5.41, 5.74) is 5.43. The monoisotopic (exact) mass is 325 g/mol. The summed E-state index contributed by atoms with van der Waals surface area (Å²) in [4.78, 5) is 13.5. The molecule has 0 unspecified atom stereocenters. The van der Waals surface area contributed by atoms with Gasteiger partial charge in [-0.15, -0.1) is 0 Å². The van der Waals surface area contributed by atoms with Gasteiger partial charge in [0.15, 0.2) is 0 Å². The zero-order valence-electron chi connectivity index (χ0n) is 12.6. The highest BCUT2D eigenvalue weighted by Gasteiger charge is 2.14. The van der Waals surface area contributed by atoms with E-state index in [1.807, 2.05) is 0 Å². The third-order valence-electron chi connectivity index (χ3n) is 3.84. The van der Waals surface area contributed by atoms with Crippen molar-refractivity contribution in [3.8, 4) is 0 Å². The number of likely N-dealkylation sites (tertiary alicyclic amines) is 1. The molecule has 1 aliphatic heterocycles. The Morgan fingerprint density at radius 3 is 2.36 bits per heavy atom. The van der Waals surface area contributed by atoms with E-state index in [-0.39, 0.29) is 4.90 Å². The Labute approximate surface area is 131 Å². The van der Waals surface area contributed by atoms with Crippen LogP contribution in [0, 0.1) is 0 Å². The molecule has 22 heavy (non-hydrogen) atoms. The minimum atomic E-state index is -3.53. The van der Waals surface area contributed by atoms with Crippen LogP contribution in [0.2, 0.25) is 0 Å². The number of amides is 1. The van der Waals surface area contributed by atoms with Gasteiger partial charge < -0.3 is 10.6 Å². The highest BCUT2D eigenvalue weighted by Crippen LogP contribution is 2.11. The van der Waals surface area contributed by atoms with E-state index in [0.717, 1.165) is 26.1 Å². The molecule has 0 bridgehead atoms. The quantitative estimate of drug-likeness (QED) is 0.730. The molecule has 7 heteroatoms. The Bertz CT molecular complexity index is 593. The number of carbonyl (C=O) groups excluding carboxylic acids is 1. The first-order chi connectivity index (χ1) is 10.5. The van der Waals surface area contributed by atoms with E-state index in [1.54, 1.807) is 0 Å². The van der Waals surface area contributed by atoms with Crippen molar-refractivity contribution in [2.24, 2.45) is 5.73 Å². The number of primary amides is 1. The zero-order valence-corrected chi connectivity index (χ0v) is 13.4. The van der Waals surface area contributed by atoms with Crippen LogP contribution >= 0.6 is 0 Å². The van der Waals surface area contributed by atoms with Crippen molar-refractivity contribution < 1.29 is 13.2 Å². The van der Waals surface area contributed by atoms with Gasteiger partial charge in [0, 0.05) is 12.1 Å². The van der Waals surface area contributed by atoms with Crippen LogP contribution in [0.15, 0.2) is 29.2 Å². The lowest BCUT2D eigenvalue weighted by Gasteiger charge is -2.26. The van der Waals surface area contributed by atoms with Crippen LogP contribution in [-0.4, -0.2) is 45.4 Å². The van der Waals surface area contributed by atoms with Gasteiger partial charge in [0.2, 0.25) is 15.9 Å². The number of nitrogens with zero attached hydrogens (tertiary/aromatic N) is 1. The van der Waals surface area contributed by atoms with Crippen LogP contribution in [-0.2, 0) is 10.0 Å². The molecule has 3 N–H and O–H groups in total. The predicted molar refractivity (Wildman–Crippen MR) is 85.1 cm³/mol. The summed E-state index contributed by atoms with van der Waals surface area (Å²) in [6.07, 6.45) is 4.55. The fourth-order valence-electron chi connectivity index (χ4n) is 2.57. The molecule has 2 rings (SSSR count). The van der Waals surface area contributed by atoms with Gasteiger partial charge in [-0.1, -0.05) is 6.42 Å². The Balaban J connectivity index is 1.81. The van der Waals surface area contributed by atoms with Crippen LogP contribution in [0.25, 0.3) is 0 Å². The molecule has 0 spiro atoms. The maximum atomic E-state index is 12.1. The van der Waals surface area contributed by atoms with Gasteiger partial charge in [-0.05, 0) is 63.2 Å². The van der Waals surface area contributed by atoms with E-state index in [9.17, 15) is 13.2 Å². The van der Waals surface area contributed by atoms with Crippen LogP contribution < -0.4 is 10.5 Å². The summed E-state index contributed by atoms with van der Waals surface area (Å²) in [5.74, 6) is -0.571. The molecule has 0 aromatic heterocycles. The van der Waals surface area contributed by atoms with Crippen molar-refractivity contribution in [2.75, 3.05) is 26.2 Å². The van der Waals surface area contributed by atoms with E-state index in [2.05, 4.69) is 9.62 Å². The molecule has 0 atom stereocenters. The molecule has 1 aromatic rings. The SMILES string of the molecule is NC(=O)c1ccc(S(=O)(=O)NCCCN2CCCCC2)cc1. The van der Waals surface area contributed by atoms with Crippen LogP contribution in [0.5, 0.6) is 0 Å². The summed E-state index contributed by atoms with van der Waals surface area (Å²) >= 11 is 0. The summed E-state index contributed by atoms with van der Waals surface area (Å²) < 4.78 is 26.8. The average molecular weight is 325 g/mol. The average Bonchev–Trinajstić information content (AvgIpc) is 2.53. The number of hydrogen-bond acceptors (Lipinski definition) is 4. The second-order valence-electron chi connectivity index (χ2n) is 5.54. The molecular weight excluding hydrogens is 302 g/mol. The molecule has 1 fully saturated rings. The maximum absolute atomic E-state index is 12.1. The number of benzene rings is 1. The first-order valence-electron chi connectivity index (χ1n) is 7.61. The third kappa shape index (κ3) is 4.79. The Hall–Kier alpha value is -1.44. The van der Waals surface area contributed by atoms with Crippen LogP contribution in [0.3, 0.4) is 0 Å². The van der Waals surface area contributed by atoms with Gasteiger partial charge in [0.25, 0.3) is 0 Å². The van der Waals surface area contributed by atoms with Gasteiger partial charge in [-0.2, -0.15) is 0 Å². The predicted octanol–water partition coefficient (Wildman–Crippen LogP) is 0.940. The smallest absolute Gasteiger partial charge is 0.248 e. The number of sulfonamides is 1. The molecule has 1 aromatic carbocycles. The molecule has 1 saturated heterocycles. The van der Waals surface area contributed by atoms with Crippen molar-refractivity contribution in [3.63, 3.8) is 0 Å². The number of nitrogens with one attached hydrogen (secondary N) is 1. The maximum Gasteiger partial charge on any atom is 0.248 e. The first-order valence-corrected chi connectivity index (χ1v) is 9.09. The van der Waals surface area contributed by atoms with Crippen molar-refractivity contribution in [1.82, 2.24) is 9.62 Å². The first kappa shape index (κ1) is 16.9. The number of piperidine rings is 1. The normalized spacial score (nSPS) is 16.5. The van der Waals surface area contributed by atoms with Crippen LogP contribution in [0.1, 0.15) is 36.0 Å². The number of carbonyl (C=O) groups is 1. The van der Waals surface area contributed by atoms with Crippen molar-refractivity contribution >= 4 is 15.9 Å². The van der Waals surface area contributed by atoms with E-state index < -0.39 is 15.9 Å². The second-order valence-corrected chi connectivity index (χ2v) is 7.31. The number of rotatable bonds is 7. The summed E-state index contributed by atoms with van der Waals surface area (Å²) in [6, 6.07) is 5.63. The third-order valence-corrected chi connectivity index (χ3v) is 5.32. The molecule has 0 radical (unpaired) electrons. The summed E-state index contributed by atoms with van der Waals surface area (Å²) in [6.45, 7) is 3.56. The molecular formula is C15H23N3O3S. The van der Waals surface area contributed by atoms with Gasteiger partial charge in [-0.25, -0.2) is 13.1 Å². The summed E-state index contributed by atoms with van der Waals surface area (Å²) in [7, 11) is -3.53. The topological polar surface area (TPSA) is 92.5 Å². The van der Waals surface area contributed by atoms with Crippen molar-refractivity contribution in [2.45, 2.75) is 30.6 Å². The lowest BCUT2D eigenvalue weighted by atomic mass is 10.1. The van der Waals surface area contributed by atoms with Crippen molar-refractivity contribution in [1.29, 1.82) is 0 Å². The van der Waals surface area contributed by atoms with E-state index >= 15 is 0 Å². The lowest BCUT2D eigenvalue weighted by Crippen LogP contribution is -2.33. The largest absolute Gasteiger partial charge is 0.366 e. The molecule has 1 amide bonds. The molecule has 0 saturated carbocycles. The van der Waals surface area contributed by atoms with Crippen LogP contribution in [0.4, 0.5) is 0 Å². The molecule has 6 nitrogen and oxygen atoms in total. The molecule has 0 aliphatic carbocycles. The van der Waals surface area contributed by atoms with E-state index in [0.29, 0.717) is 12.1 Å². The van der Waals surface area contributed by atoms with Gasteiger partial charge in [-0.3, -0.25) is 4.79 Å². The number of nitrogens with two attached hydrogens (primary N) is 1. The standard InChI is InChI=1S/C15H23N3O3S/c16-15(19)13-5-7-14(8-6-13)22(20,21)17-9-4-12-18-10-2-1-3-11-18/h5-8,17H,1-4,9-12H2,(H2,16,19). The highest BCUT2D eigenvalue weighted by molar-refractivity contribution is 7.89. The Morgan fingerprint density at radius 1 is 1.14 bits per heavy atom. The summed E-state index contributed by atoms with van der Waals surface area (Å²) in [5, 5.41) is 0. The minimum absolute atomic E-state index is 0.149. The highest BCUT2D eigenvalue weighted by atomic mass is 32.2. The fraction of sp³-hybridized carbons (Fsp3) is 0.533. The fourth-order valence-corrected chi connectivity index (χ4v) is 3.65. The van der Waals surface area contributed by atoms with E-state index in [4.69, 9.17) is 5.73 Å². The zero-order chi connectivity index (χ0) is 16.0. The Kier molecular flexibility index (Phi) is 5.93. The Morgan fingerprint density at radius 2 is 1.77 bits per heavy atom. The van der Waals surface area contributed by atoms with E-state index in [1.165, 1.54) is 43.5 Å². The van der Waals surface area contributed by atoms with Gasteiger partial charge >= 0.3 is 0 Å². The van der Waals surface area contributed by atoms with Gasteiger partial charge in [0.05, 0.1) is 4.90 Å². The van der Waals surface area contributed by atoms with Gasteiger partial charge in [0.1, 0.15) is 0 Å². The molecule has 1 heterocycles. The molecule has 1 aliphatic rings. The number of hydrogen-bond donors (Lipinski definition) is 2.